The van der Waals surface area contributed by atoms with Crippen molar-refractivity contribution in [1.29, 1.82) is 0 Å². The molecule has 0 aliphatic rings. The summed E-state index contributed by atoms with van der Waals surface area (Å²) in [6, 6.07) is 10.8. The second kappa shape index (κ2) is 9.82. The monoisotopic (exact) mass is 454 g/mol. The molecule has 0 radical (unpaired) electrons. The molecule has 0 fully saturated rings. The van der Waals surface area contributed by atoms with Gasteiger partial charge in [0.1, 0.15) is 5.75 Å². The summed E-state index contributed by atoms with van der Waals surface area (Å²) in [5, 5.41) is 2.88. The van der Waals surface area contributed by atoms with Crippen molar-refractivity contribution in [3.8, 4) is 5.75 Å². The second-order valence-electron chi connectivity index (χ2n) is 6.39. The predicted molar refractivity (Wildman–Crippen MR) is 116 cm³/mol. The predicted octanol–water partition coefficient (Wildman–Crippen LogP) is 3.32. The minimum atomic E-state index is -3.37. The number of anilines is 2. The van der Waals surface area contributed by atoms with Gasteiger partial charge in [0, 0.05) is 12.7 Å². The third-order valence-electron chi connectivity index (χ3n) is 4.11. The van der Waals surface area contributed by atoms with Crippen LogP contribution in [0.5, 0.6) is 5.75 Å². The van der Waals surface area contributed by atoms with Gasteiger partial charge in [0.05, 0.1) is 29.1 Å². The lowest BCUT2D eigenvalue weighted by Gasteiger charge is -2.18. The molecule has 2 aromatic carbocycles. The molecular formula is C20H23ClN2O6S. The highest BCUT2D eigenvalue weighted by molar-refractivity contribution is 7.92. The smallest absolute Gasteiger partial charge is 0.339 e. The van der Waals surface area contributed by atoms with Crippen molar-refractivity contribution < 1.29 is 27.5 Å². The molecule has 0 spiro atoms. The van der Waals surface area contributed by atoms with E-state index in [1.54, 1.807) is 44.2 Å². The van der Waals surface area contributed by atoms with Gasteiger partial charge in [-0.15, -0.1) is 0 Å². The van der Waals surface area contributed by atoms with E-state index < -0.39 is 28.0 Å². The van der Waals surface area contributed by atoms with E-state index in [1.165, 1.54) is 19.2 Å². The Balaban J connectivity index is 2.05. The van der Waals surface area contributed by atoms with Crippen molar-refractivity contribution in [2.75, 3.05) is 29.5 Å². The molecular weight excluding hydrogens is 432 g/mol. The van der Waals surface area contributed by atoms with E-state index in [-0.39, 0.29) is 17.2 Å². The first kappa shape index (κ1) is 23.5. The van der Waals surface area contributed by atoms with Crippen LogP contribution in [0.15, 0.2) is 42.5 Å². The van der Waals surface area contributed by atoms with Gasteiger partial charge in [0.25, 0.3) is 5.91 Å². The fourth-order valence-corrected chi connectivity index (χ4v) is 3.10. The van der Waals surface area contributed by atoms with Crippen molar-refractivity contribution in [3.05, 3.63) is 53.1 Å². The highest BCUT2D eigenvalue weighted by atomic mass is 35.5. The van der Waals surface area contributed by atoms with Gasteiger partial charge in [0.15, 0.2) is 6.10 Å². The summed E-state index contributed by atoms with van der Waals surface area (Å²) < 4.78 is 34.9. The quantitative estimate of drug-likeness (QED) is 0.614. The average Bonchev–Trinajstić information content (AvgIpc) is 2.68. The number of halogens is 1. The second-order valence-corrected chi connectivity index (χ2v) is 8.81. The normalized spacial score (nSPS) is 12.0. The maximum absolute atomic E-state index is 12.4. The van der Waals surface area contributed by atoms with Crippen molar-refractivity contribution in [3.63, 3.8) is 0 Å². The number of sulfonamides is 1. The van der Waals surface area contributed by atoms with Gasteiger partial charge in [0.2, 0.25) is 10.0 Å². The summed E-state index contributed by atoms with van der Waals surface area (Å²) in [7, 11) is -1.93. The summed E-state index contributed by atoms with van der Waals surface area (Å²) in [6.07, 6.45) is 0.249. The van der Waals surface area contributed by atoms with E-state index in [0.717, 1.165) is 10.6 Å². The molecule has 0 aliphatic heterocycles. The van der Waals surface area contributed by atoms with Crippen LogP contribution in [-0.2, 0) is 19.6 Å². The molecule has 2 aromatic rings. The lowest BCUT2D eigenvalue weighted by molar-refractivity contribution is -0.122. The van der Waals surface area contributed by atoms with Gasteiger partial charge in [-0.3, -0.25) is 9.10 Å². The topological polar surface area (TPSA) is 102 Å². The van der Waals surface area contributed by atoms with Crippen LogP contribution in [0.4, 0.5) is 11.4 Å². The zero-order chi connectivity index (χ0) is 22.5. The fraction of sp³-hybridized carbons (Fsp3) is 0.300. The third-order valence-corrected chi connectivity index (χ3v) is 5.64. The van der Waals surface area contributed by atoms with Gasteiger partial charge < -0.3 is 14.8 Å². The molecule has 0 aromatic heterocycles. The highest BCUT2D eigenvalue weighted by Gasteiger charge is 2.18. The Labute approximate surface area is 180 Å². The maximum atomic E-state index is 12.4. The minimum Gasteiger partial charge on any atom is -0.481 e. The number of esters is 1. The number of carbonyl (C=O) groups excluding carboxylic acids is 2. The van der Waals surface area contributed by atoms with Crippen LogP contribution >= 0.6 is 11.6 Å². The van der Waals surface area contributed by atoms with E-state index in [9.17, 15) is 18.0 Å². The first-order valence-corrected chi connectivity index (χ1v) is 11.2. The van der Waals surface area contributed by atoms with Crippen molar-refractivity contribution in [2.24, 2.45) is 0 Å². The molecule has 1 N–H and O–H groups in total. The molecule has 1 amide bonds. The third kappa shape index (κ3) is 6.11. The molecule has 2 rings (SSSR count). The SMILES string of the molecule is CCOC(=O)c1cc(NC(=O)C(C)Oc2ccc(N(C)S(C)(=O)=O)cc2)ccc1Cl. The summed E-state index contributed by atoms with van der Waals surface area (Å²) in [5.74, 6) is -0.627. The van der Waals surface area contributed by atoms with E-state index >= 15 is 0 Å². The molecule has 162 valence electrons. The first-order valence-electron chi connectivity index (χ1n) is 9.01. The number of ether oxygens (including phenoxy) is 2. The van der Waals surface area contributed by atoms with E-state index in [1.807, 2.05) is 0 Å². The Kier molecular flexibility index (Phi) is 7.69. The number of hydrogen-bond donors (Lipinski definition) is 1. The zero-order valence-corrected chi connectivity index (χ0v) is 18.6. The van der Waals surface area contributed by atoms with Crippen LogP contribution in [0.2, 0.25) is 5.02 Å². The lowest BCUT2D eigenvalue weighted by atomic mass is 10.2. The van der Waals surface area contributed by atoms with Crippen LogP contribution in [0.3, 0.4) is 0 Å². The largest absolute Gasteiger partial charge is 0.481 e. The minimum absolute atomic E-state index is 0.149. The standard InChI is InChI=1S/C20H23ClN2O6S/c1-5-28-20(25)17-12-14(6-11-18(17)21)22-19(24)13(2)29-16-9-7-15(8-10-16)23(3)30(4,26)27/h6-13H,5H2,1-4H3,(H,22,24). The van der Waals surface area contributed by atoms with Gasteiger partial charge in [-0.25, -0.2) is 13.2 Å². The fourth-order valence-electron chi connectivity index (χ4n) is 2.40. The number of carbonyl (C=O) groups is 2. The van der Waals surface area contributed by atoms with Crippen LogP contribution in [0, 0.1) is 0 Å². The Morgan fingerprint density at radius 3 is 2.37 bits per heavy atom. The van der Waals surface area contributed by atoms with E-state index in [2.05, 4.69) is 5.32 Å². The molecule has 10 heteroatoms. The summed E-state index contributed by atoms with van der Waals surface area (Å²) in [5.41, 5.74) is 0.984. The number of rotatable bonds is 8. The summed E-state index contributed by atoms with van der Waals surface area (Å²) in [4.78, 5) is 24.4. The average molecular weight is 455 g/mol. The Bertz CT molecular complexity index is 1020. The van der Waals surface area contributed by atoms with Gasteiger partial charge >= 0.3 is 5.97 Å². The number of benzene rings is 2. The molecule has 1 atom stereocenters. The molecule has 0 saturated carbocycles. The van der Waals surface area contributed by atoms with Gasteiger partial charge in [-0.1, -0.05) is 11.6 Å². The van der Waals surface area contributed by atoms with Crippen molar-refractivity contribution >= 4 is 44.9 Å². The maximum Gasteiger partial charge on any atom is 0.339 e. The van der Waals surface area contributed by atoms with Crippen molar-refractivity contribution in [1.82, 2.24) is 0 Å². The van der Waals surface area contributed by atoms with E-state index in [4.69, 9.17) is 21.1 Å². The molecule has 1 unspecified atom stereocenters. The molecule has 8 nitrogen and oxygen atoms in total. The molecule has 0 bridgehead atoms. The number of hydrogen-bond acceptors (Lipinski definition) is 6. The van der Waals surface area contributed by atoms with Crippen molar-refractivity contribution in [2.45, 2.75) is 20.0 Å². The Morgan fingerprint density at radius 1 is 1.17 bits per heavy atom. The number of amides is 1. The van der Waals surface area contributed by atoms with Crippen LogP contribution < -0.4 is 14.4 Å². The molecule has 0 saturated heterocycles. The number of nitrogens with one attached hydrogen (secondary N) is 1. The van der Waals surface area contributed by atoms with E-state index in [0.29, 0.717) is 17.1 Å². The molecule has 0 heterocycles. The lowest BCUT2D eigenvalue weighted by Crippen LogP contribution is -2.30. The van der Waals surface area contributed by atoms with Crippen LogP contribution in [0.1, 0.15) is 24.2 Å². The Hall–Kier alpha value is -2.78. The van der Waals surface area contributed by atoms with Crippen LogP contribution in [0.25, 0.3) is 0 Å². The van der Waals surface area contributed by atoms with Gasteiger partial charge in [-0.05, 0) is 56.3 Å². The summed E-state index contributed by atoms with van der Waals surface area (Å²) >= 11 is 6.02. The van der Waals surface area contributed by atoms with Crippen LogP contribution in [-0.4, -0.2) is 46.3 Å². The highest BCUT2D eigenvalue weighted by Crippen LogP contribution is 2.23. The summed E-state index contributed by atoms with van der Waals surface area (Å²) in [6.45, 7) is 3.45. The van der Waals surface area contributed by atoms with Gasteiger partial charge in [-0.2, -0.15) is 0 Å². The molecule has 0 aliphatic carbocycles. The first-order chi connectivity index (χ1) is 14.0. The zero-order valence-electron chi connectivity index (χ0n) is 17.0. The number of nitrogens with zero attached hydrogens (tertiary/aromatic N) is 1. The Morgan fingerprint density at radius 2 is 1.80 bits per heavy atom. The molecule has 30 heavy (non-hydrogen) atoms.